The number of carbonyl (C=O) groups excluding carboxylic acids is 1. The zero-order valence-corrected chi connectivity index (χ0v) is 12.9. The molecular formula is C17H25NO3. The van der Waals surface area contributed by atoms with Crippen molar-refractivity contribution in [3.8, 4) is 0 Å². The van der Waals surface area contributed by atoms with Crippen LogP contribution in [0, 0.1) is 5.92 Å². The van der Waals surface area contributed by atoms with Gasteiger partial charge in [-0.05, 0) is 50.3 Å². The first-order valence-electron chi connectivity index (χ1n) is 7.71. The third kappa shape index (κ3) is 4.55. The smallest absolute Gasteiger partial charge is 0.253 e. The minimum Gasteiger partial charge on any atom is -0.396 e. The van der Waals surface area contributed by atoms with Gasteiger partial charge in [-0.1, -0.05) is 12.1 Å². The number of likely N-dealkylation sites (tertiary alicyclic amines) is 1. The Hall–Kier alpha value is -1.39. The molecule has 0 atom stereocenters. The average molecular weight is 291 g/mol. The molecule has 1 aromatic carbocycles. The summed E-state index contributed by atoms with van der Waals surface area (Å²) >= 11 is 0. The topological polar surface area (TPSA) is 49.8 Å². The van der Waals surface area contributed by atoms with Crippen molar-refractivity contribution in [3.05, 3.63) is 35.4 Å². The zero-order chi connectivity index (χ0) is 15.2. The lowest BCUT2D eigenvalue weighted by molar-refractivity contribution is 0.0642. The number of aliphatic hydroxyl groups is 1. The van der Waals surface area contributed by atoms with Crippen molar-refractivity contribution in [2.75, 3.05) is 19.7 Å². The van der Waals surface area contributed by atoms with E-state index in [4.69, 9.17) is 9.84 Å². The molecule has 116 valence electrons. The Morgan fingerprint density at radius 3 is 2.43 bits per heavy atom. The number of carbonyl (C=O) groups is 1. The van der Waals surface area contributed by atoms with Crippen LogP contribution in [0.2, 0.25) is 0 Å². The van der Waals surface area contributed by atoms with Gasteiger partial charge in [0.15, 0.2) is 0 Å². The van der Waals surface area contributed by atoms with Gasteiger partial charge in [-0.2, -0.15) is 0 Å². The number of piperidine rings is 1. The second kappa shape index (κ2) is 7.57. The lowest BCUT2D eigenvalue weighted by Crippen LogP contribution is -2.39. The van der Waals surface area contributed by atoms with Gasteiger partial charge in [-0.15, -0.1) is 0 Å². The van der Waals surface area contributed by atoms with E-state index in [1.165, 1.54) is 0 Å². The van der Waals surface area contributed by atoms with E-state index in [1.807, 2.05) is 43.0 Å². The first-order valence-corrected chi connectivity index (χ1v) is 7.71. The van der Waals surface area contributed by atoms with E-state index < -0.39 is 0 Å². The van der Waals surface area contributed by atoms with Crippen LogP contribution < -0.4 is 0 Å². The first-order chi connectivity index (χ1) is 10.1. The molecule has 0 bridgehead atoms. The second-order valence-electron chi connectivity index (χ2n) is 5.97. The fourth-order valence-corrected chi connectivity index (χ4v) is 2.51. The monoisotopic (exact) mass is 291 g/mol. The molecule has 0 aliphatic carbocycles. The van der Waals surface area contributed by atoms with Crippen LogP contribution in [-0.4, -0.2) is 41.7 Å². The summed E-state index contributed by atoms with van der Waals surface area (Å²) in [5.41, 5.74) is 1.81. The molecule has 1 aliphatic rings. The summed E-state index contributed by atoms with van der Waals surface area (Å²) in [6, 6.07) is 7.66. The van der Waals surface area contributed by atoms with Gasteiger partial charge in [0, 0.05) is 25.3 Å². The number of benzene rings is 1. The number of ether oxygens (including phenoxy) is 1. The van der Waals surface area contributed by atoms with Gasteiger partial charge in [0.05, 0.1) is 12.7 Å². The molecule has 21 heavy (non-hydrogen) atoms. The fraction of sp³-hybridized carbons (Fsp3) is 0.588. The molecule has 0 unspecified atom stereocenters. The van der Waals surface area contributed by atoms with Gasteiger partial charge in [0.1, 0.15) is 0 Å². The van der Waals surface area contributed by atoms with Crippen molar-refractivity contribution in [3.63, 3.8) is 0 Å². The molecule has 0 saturated carbocycles. The molecule has 4 heteroatoms. The molecular weight excluding hydrogens is 266 g/mol. The molecule has 1 aromatic rings. The summed E-state index contributed by atoms with van der Waals surface area (Å²) in [6.07, 6.45) is 1.99. The lowest BCUT2D eigenvalue weighted by Gasteiger charge is -2.31. The Labute approximate surface area is 126 Å². The van der Waals surface area contributed by atoms with Crippen LogP contribution in [0.3, 0.4) is 0 Å². The zero-order valence-electron chi connectivity index (χ0n) is 12.9. The Morgan fingerprint density at radius 2 is 1.90 bits per heavy atom. The molecule has 0 spiro atoms. The number of nitrogens with zero attached hydrogens (tertiary/aromatic N) is 1. The van der Waals surface area contributed by atoms with Crippen molar-refractivity contribution >= 4 is 5.91 Å². The van der Waals surface area contributed by atoms with Crippen molar-refractivity contribution in [1.82, 2.24) is 4.90 Å². The van der Waals surface area contributed by atoms with Crippen LogP contribution in [0.4, 0.5) is 0 Å². The van der Waals surface area contributed by atoms with Gasteiger partial charge >= 0.3 is 0 Å². The predicted molar refractivity (Wildman–Crippen MR) is 82.1 cm³/mol. The van der Waals surface area contributed by atoms with E-state index >= 15 is 0 Å². The highest BCUT2D eigenvalue weighted by Gasteiger charge is 2.22. The van der Waals surface area contributed by atoms with Gasteiger partial charge in [-0.3, -0.25) is 4.79 Å². The number of hydrogen-bond acceptors (Lipinski definition) is 3. The average Bonchev–Trinajstić information content (AvgIpc) is 2.53. The number of rotatable bonds is 5. The lowest BCUT2D eigenvalue weighted by atomic mass is 9.97. The summed E-state index contributed by atoms with van der Waals surface area (Å²) < 4.78 is 5.55. The largest absolute Gasteiger partial charge is 0.396 e. The van der Waals surface area contributed by atoms with E-state index in [0.717, 1.165) is 37.1 Å². The van der Waals surface area contributed by atoms with E-state index in [2.05, 4.69) is 0 Å². The Morgan fingerprint density at radius 1 is 1.29 bits per heavy atom. The minimum atomic E-state index is 0.0858. The highest BCUT2D eigenvalue weighted by molar-refractivity contribution is 5.94. The maximum Gasteiger partial charge on any atom is 0.253 e. The molecule has 4 nitrogen and oxygen atoms in total. The molecule has 1 N–H and O–H groups in total. The molecule has 1 saturated heterocycles. The van der Waals surface area contributed by atoms with Crippen molar-refractivity contribution in [2.24, 2.45) is 5.92 Å². The summed E-state index contributed by atoms with van der Waals surface area (Å²) in [5.74, 6) is 0.437. The normalized spacial score (nSPS) is 16.5. The van der Waals surface area contributed by atoms with Crippen LogP contribution in [0.5, 0.6) is 0 Å². The van der Waals surface area contributed by atoms with Crippen LogP contribution in [0.25, 0.3) is 0 Å². The highest BCUT2D eigenvalue weighted by atomic mass is 16.5. The van der Waals surface area contributed by atoms with Gasteiger partial charge in [0.25, 0.3) is 5.91 Å². The molecule has 2 rings (SSSR count). The van der Waals surface area contributed by atoms with Crippen LogP contribution in [-0.2, 0) is 11.3 Å². The standard InChI is InChI=1S/C17H25NO3/c1-13(2)21-12-15-3-5-16(6-4-15)17(20)18-9-7-14(11-19)8-10-18/h3-6,13-14,19H,7-12H2,1-2H3. The van der Waals surface area contributed by atoms with Gasteiger partial charge < -0.3 is 14.7 Å². The molecule has 1 amide bonds. The third-order valence-corrected chi connectivity index (χ3v) is 3.94. The summed E-state index contributed by atoms with van der Waals surface area (Å²) in [7, 11) is 0. The molecule has 1 aliphatic heterocycles. The third-order valence-electron chi connectivity index (χ3n) is 3.94. The van der Waals surface area contributed by atoms with Crippen LogP contribution >= 0.6 is 0 Å². The number of hydrogen-bond donors (Lipinski definition) is 1. The first kappa shape index (κ1) is 16.0. The molecule has 0 radical (unpaired) electrons. The minimum absolute atomic E-state index is 0.0858. The van der Waals surface area contributed by atoms with Crippen molar-refractivity contribution in [2.45, 2.75) is 39.4 Å². The maximum atomic E-state index is 12.4. The Bertz CT molecular complexity index is 448. The van der Waals surface area contributed by atoms with E-state index in [1.54, 1.807) is 0 Å². The fourth-order valence-electron chi connectivity index (χ4n) is 2.51. The van der Waals surface area contributed by atoms with Crippen molar-refractivity contribution < 1.29 is 14.6 Å². The van der Waals surface area contributed by atoms with Gasteiger partial charge in [-0.25, -0.2) is 0 Å². The second-order valence-corrected chi connectivity index (χ2v) is 5.97. The molecule has 1 fully saturated rings. The predicted octanol–water partition coefficient (Wildman–Crippen LogP) is 2.46. The SMILES string of the molecule is CC(C)OCc1ccc(C(=O)N2CCC(CO)CC2)cc1. The highest BCUT2D eigenvalue weighted by Crippen LogP contribution is 2.18. The van der Waals surface area contributed by atoms with Crippen LogP contribution in [0.1, 0.15) is 42.6 Å². The van der Waals surface area contributed by atoms with Crippen LogP contribution in [0.15, 0.2) is 24.3 Å². The van der Waals surface area contributed by atoms with Crippen molar-refractivity contribution in [1.29, 1.82) is 0 Å². The van der Waals surface area contributed by atoms with E-state index in [-0.39, 0.29) is 18.6 Å². The molecule has 0 aromatic heterocycles. The Balaban J connectivity index is 1.91. The van der Waals surface area contributed by atoms with E-state index in [0.29, 0.717) is 12.5 Å². The maximum absolute atomic E-state index is 12.4. The summed E-state index contributed by atoms with van der Waals surface area (Å²) in [4.78, 5) is 14.3. The van der Waals surface area contributed by atoms with E-state index in [9.17, 15) is 4.79 Å². The number of amides is 1. The summed E-state index contributed by atoms with van der Waals surface area (Å²) in [6.45, 7) is 6.30. The summed E-state index contributed by atoms with van der Waals surface area (Å²) in [5, 5.41) is 9.14. The van der Waals surface area contributed by atoms with Gasteiger partial charge in [0.2, 0.25) is 0 Å². The number of aliphatic hydroxyl groups excluding tert-OH is 1. The molecule has 1 heterocycles. The Kier molecular flexibility index (Phi) is 5.76. The quantitative estimate of drug-likeness (QED) is 0.906.